The van der Waals surface area contributed by atoms with E-state index in [2.05, 4.69) is 63.3 Å². The third kappa shape index (κ3) is 4.08. The molecule has 1 N–H and O–H groups in total. The van der Waals surface area contributed by atoms with Crippen molar-refractivity contribution in [2.45, 2.75) is 33.7 Å². The molecule has 0 saturated carbocycles. The number of likely N-dealkylation sites (N-methyl/N-ethyl adjacent to an activating group) is 1. The SMILES string of the molecule is CNC(COc1ccc(C)c(C)c1)c1cc(C)cc(C)c1. The lowest BCUT2D eigenvalue weighted by Crippen LogP contribution is -2.23. The molecule has 0 aliphatic carbocycles. The predicted molar refractivity (Wildman–Crippen MR) is 89.1 cm³/mol. The minimum Gasteiger partial charge on any atom is -0.492 e. The van der Waals surface area contributed by atoms with Crippen molar-refractivity contribution >= 4 is 0 Å². The number of hydrogen-bond donors (Lipinski definition) is 1. The number of benzene rings is 2. The summed E-state index contributed by atoms with van der Waals surface area (Å²) in [6, 6.07) is 13.1. The Kier molecular flexibility index (Phi) is 5.03. The average Bonchev–Trinajstić information content (AvgIpc) is 2.42. The number of nitrogens with one attached hydrogen (secondary N) is 1. The second kappa shape index (κ2) is 6.77. The molecule has 0 aliphatic rings. The lowest BCUT2D eigenvalue weighted by atomic mass is 10.0. The summed E-state index contributed by atoms with van der Waals surface area (Å²) in [4.78, 5) is 0. The van der Waals surface area contributed by atoms with Gasteiger partial charge in [0.25, 0.3) is 0 Å². The summed E-state index contributed by atoms with van der Waals surface area (Å²) in [5.74, 6) is 0.933. The van der Waals surface area contributed by atoms with Gasteiger partial charge in [-0.25, -0.2) is 0 Å². The van der Waals surface area contributed by atoms with Crippen LogP contribution in [0.15, 0.2) is 36.4 Å². The van der Waals surface area contributed by atoms with Crippen molar-refractivity contribution in [3.8, 4) is 5.75 Å². The molecule has 2 nitrogen and oxygen atoms in total. The fraction of sp³-hybridized carbons (Fsp3) is 0.368. The molecule has 1 atom stereocenters. The minimum absolute atomic E-state index is 0.199. The molecular weight excluding hydrogens is 258 g/mol. The van der Waals surface area contributed by atoms with Gasteiger partial charge in [0.05, 0.1) is 6.04 Å². The largest absolute Gasteiger partial charge is 0.492 e. The van der Waals surface area contributed by atoms with Gasteiger partial charge in [0.1, 0.15) is 12.4 Å². The van der Waals surface area contributed by atoms with Crippen molar-refractivity contribution in [1.82, 2.24) is 5.32 Å². The summed E-state index contributed by atoms with van der Waals surface area (Å²) in [5.41, 5.74) is 6.41. The number of hydrogen-bond acceptors (Lipinski definition) is 2. The van der Waals surface area contributed by atoms with Crippen LogP contribution in [0.5, 0.6) is 5.75 Å². The van der Waals surface area contributed by atoms with Crippen LogP contribution in [0.1, 0.15) is 33.9 Å². The van der Waals surface area contributed by atoms with Gasteiger partial charge < -0.3 is 10.1 Å². The molecule has 0 heterocycles. The van der Waals surface area contributed by atoms with E-state index in [9.17, 15) is 0 Å². The third-order valence-electron chi connectivity index (χ3n) is 3.89. The van der Waals surface area contributed by atoms with E-state index in [-0.39, 0.29) is 6.04 Å². The summed E-state index contributed by atoms with van der Waals surface area (Å²) in [6.07, 6.45) is 0. The zero-order valence-corrected chi connectivity index (χ0v) is 13.7. The third-order valence-corrected chi connectivity index (χ3v) is 3.89. The number of rotatable bonds is 5. The highest BCUT2D eigenvalue weighted by atomic mass is 16.5. The van der Waals surface area contributed by atoms with E-state index in [1.54, 1.807) is 0 Å². The van der Waals surface area contributed by atoms with Crippen LogP contribution >= 0.6 is 0 Å². The van der Waals surface area contributed by atoms with Crippen molar-refractivity contribution in [3.63, 3.8) is 0 Å². The van der Waals surface area contributed by atoms with E-state index < -0.39 is 0 Å². The lowest BCUT2D eigenvalue weighted by Gasteiger charge is -2.19. The molecular formula is C19H25NO. The van der Waals surface area contributed by atoms with Crippen molar-refractivity contribution in [1.29, 1.82) is 0 Å². The van der Waals surface area contributed by atoms with Gasteiger partial charge in [-0.2, -0.15) is 0 Å². The summed E-state index contributed by atoms with van der Waals surface area (Å²) in [5, 5.41) is 3.34. The van der Waals surface area contributed by atoms with Crippen LogP contribution in [0, 0.1) is 27.7 Å². The predicted octanol–water partition coefficient (Wildman–Crippen LogP) is 4.26. The van der Waals surface area contributed by atoms with Crippen molar-refractivity contribution in [2.24, 2.45) is 0 Å². The first kappa shape index (κ1) is 15.6. The van der Waals surface area contributed by atoms with Crippen LogP contribution in [-0.2, 0) is 0 Å². The molecule has 21 heavy (non-hydrogen) atoms. The summed E-state index contributed by atoms with van der Waals surface area (Å²) >= 11 is 0. The number of aryl methyl sites for hydroxylation is 4. The highest BCUT2D eigenvalue weighted by molar-refractivity contribution is 5.34. The van der Waals surface area contributed by atoms with Crippen LogP contribution < -0.4 is 10.1 Å². The molecule has 112 valence electrons. The van der Waals surface area contributed by atoms with Gasteiger partial charge in [-0.3, -0.25) is 0 Å². The van der Waals surface area contributed by atoms with Crippen LogP contribution in [0.4, 0.5) is 0 Å². The average molecular weight is 283 g/mol. The Labute approximate surface area is 128 Å². The van der Waals surface area contributed by atoms with Crippen LogP contribution in [0.2, 0.25) is 0 Å². The second-order valence-corrected chi connectivity index (χ2v) is 5.82. The van der Waals surface area contributed by atoms with E-state index in [0.717, 1.165) is 5.75 Å². The highest BCUT2D eigenvalue weighted by Gasteiger charge is 2.11. The quantitative estimate of drug-likeness (QED) is 0.885. The summed E-state index contributed by atoms with van der Waals surface area (Å²) in [7, 11) is 1.98. The van der Waals surface area contributed by atoms with Gasteiger partial charge >= 0.3 is 0 Å². The molecule has 2 rings (SSSR count). The van der Waals surface area contributed by atoms with Crippen molar-refractivity contribution < 1.29 is 4.74 Å². The maximum atomic E-state index is 5.97. The fourth-order valence-corrected chi connectivity index (χ4v) is 2.54. The van der Waals surface area contributed by atoms with E-state index in [1.807, 2.05) is 13.1 Å². The molecule has 0 aromatic heterocycles. The second-order valence-electron chi connectivity index (χ2n) is 5.82. The van der Waals surface area contributed by atoms with Crippen molar-refractivity contribution in [3.05, 3.63) is 64.2 Å². The van der Waals surface area contributed by atoms with E-state index in [4.69, 9.17) is 4.74 Å². The molecule has 0 radical (unpaired) electrons. The van der Waals surface area contributed by atoms with Gasteiger partial charge in [0.15, 0.2) is 0 Å². The van der Waals surface area contributed by atoms with Gasteiger partial charge in [0.2, 0.25) is 0 Å². The Morgan fingerprint density at radius 1 is 0.905 bits per heavy atom. The summed E-state index contributed by atoms with van der Waals surface area (Å²) in [6.45, 7) is 9.12. The Bertz CT molecular complexity index is 599. The molecule has 2 heteroatoms. The molecule has 2 aromatic carbocycles. The van der Waals surface area contributed by atoms with Gasteiger partial charge in [-0.05, 0) is 63.6 Å². The maximum Gasteiger partial charge on any atom is 0.119 e. The molecule has 1 unspecified atom stereocenters. The lowest BCUT2D eigenvalue weighted by molar-refractivity contribution is 0.273. The molecule has 0 bridgehead atoms. The molecule has 0 fully saturated rings. The Hall–Kier alpha value is -1.80. The topological polar surface area (TPSA) is 21.3 Å². The first-order chi connectivity index (χ1) is 9.99. The van der Waals surface area contributed by atoms with Crippen molar-refractivity contribution in [2.75, 3.05) is 13.7 Å². The summed E-state index contributed by atoms with van der Waals surface area (Å²) < 4.78 is 5.97. The first-order valence-corrected chi connectivity index (χ1v) is 7.45. The van der Waals surface area contributed by atoms with E-state index >= 15 is 0 Å². The van der Waals surface area contributed by atoms with Crippen LogP contribution in [-0.4, -0.2) is 13.7 Å². The fourth-order valence-electron chi connectivity index (χ4n) is 2.54. The van der Waals surface area contributed by atoms with E-state index in [0.29, 0.717) is 6.61 Å². The Morgan fingerprint density at radius 3 is 2.14 bits per heavy atom. The molecule has 0 amide bonds. The Morgan fingerprint density at radius 2 is 1.57 bits per heavy atom. The zero-order valence-electron chi connectivity index (χ0n) is 13.7. The van der Waals surface area contributed by atoms with E-state index in [1.165, 1.54) is 27.8 Å². The first-order valence-electron chi connectivity index (χ1n) is 7.45. The van der Waals surface area contributed by atoms with Gasteiger partial charge in [-0.1, -0.05) is 35.4 Å². The smallest absolute Gasteiger partial charge is 0.119 e. The molecule has 2 aromatic rings. The zero-order chi connectivity index (χ0) is 15.4. The molecule has 0 aliphatic heterocycles. The molecule has 0 saturated heterocycles. The maximum absolute atomic E-state index is 5.97. The number of ether oxygens (including phenoxy) is 1. The van der Waals surface area contributed by atoms with Gasteiger partial charge in [0, 0.05) is 0 Å². The normalized spacial score (nSPS) is 12.2. The van der Waals surface area contributed by atoms with Crippen LogP contribution in [0.25, 0.3) is 0 Å². The standard InChI is InChI=1S/C19H25NO/c1-13-8-14(2)10-17(9-13)19(20-5)12-21-18-7-6-15(3)16(4)11-18/h6-11,19-20H,12H2,1-5H3. The molecule has 0 spiro atoms. The minimum atomic E-state index is 0.199. The monoisotopic (exact) mass is 283 g/mol. The van der Waals surface area contributed by atoms with Crippen LogP contribution in [0.3, 0.4) is 0 Å². The van der Waals surface area contributed by atoms with Gasteiger partial charge in [-0.15, -0.1) is 0 Å². The highest BCUT2D eigenvalue weighted by Crippen LogP contribution is 2.21. The Balaban J connectivity index is 2.10.